The summed E-state index contributed by atoms with van der Waals surface area (Å²) in [6.07, 6.45) is 2.89. The maximum Gasteiger partial charge on any atom is 0.235 e. The molecule has 0 radical (unpaired) electrons. The van der Waals surface area contributed by atoms with Crippen LogP contribution in [0.25, 0.3) is 0 Å². The zero-order valence-electron chi connectivity index (χ0n) is 10.5. The van der Waals surface area contributed by atoms with E-state index < -0.39 is 0 Å². The van der Waals surface area contributed by atoms with E-state index in [0.717, 1.165) is 19.5 Å². The Kier molecular flexibility index (Phi) is 6.15. The Balaban J connectivity index is 0.00000225. The standard InChI is InChI=1S/C11H22N2OS.ClH/c1-8(15-4)10(14)13-6-5-9(12)11(2,3)7-13;/h8-9H,5-7,12H2,1-4H3;1H. The molecule has 16 heavy (non-hydrogen) atoms. The zero-order chi connectivity index (χ0) is 11.6. The molecule has 2 unspecified atom stereocenters. The van der Waals surface area contributed by atoms with Crippen molar-refractivity contribution in [1.82, 2.24) is 4.90 Å². The lowest BCUT2D eigenvalue weighted by atomic mass is 9.79. The Labute approximate surface area is 109 Å². The second kappa shape index (κ2) is 6.12. The number of carbonyl (C=O) groups is 1. The Hall–Kier alpha value is 0.0700. The largest absolute Gasteiger partial charge is 0.341 e. The molecule has 0 saturated carbocycles. The van der Waals surface area contributed by atoms with Crippen LogP contribution >= 0.6 is 24.2 Å². The molecule has 3 nitrogen and oxygen atoms in total. The van der Waals surface area contributed by atoms with Gasteiger partial charge in [0.25, 0.3) is 0 Å². The number of carbonyl (C=O) groups excluding carboxylic acids is 1. The van der Waals surface area contributed by atoms with Crippen molar-refractivity contribution < 1.29 is 4.79 Å². The molecule has 1 rings (SSSR count). The van der Waals surface area contributed by atoms with Gasteiger partial charge in [-0.2, -0.15) is 11.8 Å². The number of nitrogens with zero attached hydrogens (tertiary/aromatic N) is 1. The van der Waals surface area contributed by atoms with Crippen LogP contribution in [0.5, 0.6) is 0 Å². The minimum absolute atomic E-state index is 0. The molecule has 96 valence electrons. The predicted octanol–water partition coefficient (Wildman–Crippen LogP) is 1.75. The van der Waals surface area contributed by atoms with Gasteiger partial charge in [-0.05, 0) is 25.0 Å². The van der Waals surface area contributed by atoms with Crippen molar-refractivity contribution in [3.8, 4) is 0 Å². The molecule has 0 bridgehead atoms. The highest BCUT2D eigenvalue weighted by atomic mass is 35.5. The van der Waals surface area contributed by atoms with Crippen molar-refractivity contribution in [2.45, 2.75) is 38.5 Å². The Morgan fingerprint density at radius 2 is 2.12 bits per heavy atom. The molecule has 1 fully saturated rings. The molecule has 0 spiro atoms. The van der Waals surface area contributed by atoms with Gasteiger partial charge in [-0.3, -0.25) is 4.79 Å². The molecule has 1 amide bonds. The van der Waals surface area contributed by atoms with Gasteiger partial charge < -0.3 is 10.6 Å². The van der Waals surface area contributed by atoms with Gasteiger partial charge >= 0.3 is 0 Å². The van der Waals surface area contributed by atoms with E-state index in [-0.39, 0.29) is 35.0 Å². The lowest BCUT2D eigenvalue weighted by Gasteiger charge is -2.43. The second-order valence-electron chi connectivity index (χ2n) is 5.02. The summed E-state index contributed by atoms with van der Waals surface area (Å²) in [5.74, 6) is 0.252. The number of likely N-dealkylation sites (tertiary alicyclic amines) is 1. The summed E-state index contributed by atoms with van der Waals surface area (Å²) in [7, 11) is 0. The summed E-state index contributed by atoms with van der Waals surface area (Å²) in [5.41, 5.74) is 6.09. The third-order valence-electron chi connectivity index (χ3n) is 3.33. The number of nitrogens with two attached hydrogens (primary N) is 1. The molecular formula is C11H23ClN2OS. The van der Waals surface area contributed by atoms with Crippen molar-refractivity contribution in [2.24, 2.45) is 11.1 Å². The summed E-state index contributed by atoms with van der Waals surface area (Å²) < 4.78 is 0. The highest BCUT2D eigenvalue weighted by molar-refractivity contribution is 7.99. The second-order valence-corrected chi connectivity index (χ2v) is 6.20. The van der Waals surface area contributed by atoms with E-state index in [2.05, 4.69) is 13.8 Å². The van der Waals surface area contributed by atoms with Gasteiger partial charge in [0, 0.05) is 19.1 Å². The minimum atomic E-state index is 0. The third-order valence-corrected chi connectivity index (χ3v) is 4.23. The first-order valence-electron chi connectivity index (χ1n) is 5.45. The fourth-order valence-electron chi connectivity index (χ4n) is 1.92. The first-order valence-corrected chi connectivity index (χ1v) is 6.74. The molecule has 2 atom stereocenters. The number of hydrogen-bond donors (Lipinski definition) is 1. The fraction of sp³-hybridized carbons (Fsp3) is 0.909. The maximum atomic E-state index is 12.0. The van der Waals surface area contributed by atoms with Crippen LogP contribution in [0.1, 0.15) is 27.2 Å². The van der Waals surface area contributed by atoms with Gasteiger partial charge in [0.2, 0.25) is 5.91 Å². The van der Waals surface area contributed by atoms with Gasteiger partial charge in [0.05, 0.1) is 5.25 Å². The van der Waals surface area contributed by atoms with E-state index in [9.17, 15) is 4.79 Å². The third kappa shape index (κ3) is 3.54. The first kappa shape index (κ1) is 16.1. The first-order chi connectivity index (χ1) is 6.88. The number of halogens is 1. The maximum absolute atomic E-state index is 12.0. The molecule has 0 aliphatic carbocycles. The predicted molar refractivity (Wildman–Crippen MR) is 73.2 cm³/mol. The molecule has 5 heteroatoms. The van der Waals surface area contributed by atoms with Crippen molar-refractivity contribution in [3.05, 3.63) is 0 Å². The molecule has 1 saturated heterocycles. The van der Waals surface area contributed by atoms with Gasteiger partial charge in [-0.1, -0.05) is 13.8 Å². The van der Waals surface area contributed by atoms with Crippen molar-refractivity contribution in [3.63, 3.8) is 0 Å². The van der Waals surface area contributed by atoms with Gasteiger partial charge in [0.1, 0.15) is 0 Å². The Morgan fingerprint density at radius 1 is 1.56 bits per heavy atom. The van der Waals surface area contributed by atoms with Crippen molar-refractivity contribution in [1.29, 1.82) is 0 Å². The van der Waals surface area contributed by atoms with Crippen LogP contribution in [0.4, 0.5) is 0 Å². The number of rotatable bonds is 2. The summed E-state index contributed by atoms with van der Waals surface area (Å²) >= 11 is 1.61. The van der Waals surface area contributed by atoms with Crippen molar-refractivity contribution >= 4 is 30.1 Å². The van der Waals surface area contributed by atoms with E-state index in [1.165, 1.54) is 0 Å². The van der Waals surface area contributed by atoms with Crippen LogP contribution in [-0.2, 0) is 4.79 Å². The quantitative estimate of drug-likeness (QED) is 0.828. The molecule has 0 aromatic heterocycles. The van der Waals surface area contributed by atoms with Crippen molar-refractivity contribution in [2.75, 3.05) is 19.3 Å². The van der Waals surface area contributed by atoms with E-state index in [0.29, 0.717) is 0 Å². The number of piperidine rings is 1. The summed E-state index contributed by atoms with van der Waals surface area (Å²) in [4.78, 5) is 14.0. The van der Waals surface area contributed by atoms with E-state index >= 15 is 0 Å². The van der Waals surface area contributed by atoms with Crippen LogP contribution in [0, 0.1) is 5.41 Å². The topological polar surface area (TPSA) is 46.3 Å². The van der Waals surface area contributed by atoms with Crippen LogP contribution in [0.3, 0.4) is 0 Å². The summed E-state index contributed by atoms with van der Waals surface area (Å²) in [6.45, 7) is 7.85. The molecule has 0 aromatic rings. The van der Waals surface area contributed by atoms with Crippen LogP contribution < -0.4 is 5.73 Å². The normalized spacial score (nSPS) is 25.8. The summed E-state index contributed by atoms with van der Waals surface area (Å²) in [6, 6.07) is 0.214. The van der Waals surface area contributed by atoms with Gasteiger partial charge in [-0.15, -0.1) is 12.4 Å². The van der Waals surface area contributed by atoms with Crippen LogP contribution in [-0.4, -0.2) is 41.4 Å². The van der Waals surface area contributed by atoms with Crippen LogP contribution in [0.2, 0.25) is 0 Å². The average Bonchev–Trinajstić information content (AvgIpc) is 2.19. The highest BCUT2D eigenvalue weighted by Gasteiger charge is 2.36. The molecule has 1 aliphatic heterocycles. The molecular weight excluding hydrogens is 244 g/mol. The number of hydrogen-bond acceptors (Lipinski definition) is 3. The molecule has 1 aliphatic rings. The smallest absolute Gasteiger partial charge is 0.235 e. The Bertz CT molecular complexity index is 248. The SMILES string of the molecule is CSC(C)C(=O)N1CCC(N)C(C)(C)C1.Cl. The van der Waals surface area contributed by atoms with E-state index in [1.54, 1.807) is 11.8 Å². The fourth-order valence-corrected chi connectivity index (χ4v) is 2.27. The van der Waals surface area contributed by atoms with Crippen LogP contribution in [0.15, 0.2) is 0 Å². The molecule has 1 heterocycles. The van der Waals surface area contributed by atoms with E-state index in [4.69, 9.17) is 5.73 Å². The summed E-state index contributed by atoms with van der Waals surface area (Å²) in [5, 5.41) is 0.0649. The van der Waals surface area contributed by atoms with Gasteiger partial charge in [-0.25, -0.2) is 0 Å². The van der Waals surface area contributed by atoms with Gasteiger partial charge in [0.15, 0.2) is 0 Å². The van der Waals surface area contributed by atoms with E-state index in [1.807, 2.05) is 18.1 Å². The molecule has 0 aromatic carbocycles. The average molecular weight is 267 g/mol. The minimum Gasteiger partial charge on any atom is -0.341 e. The number of thioether (sulfide) groups is 1. The number of amides is 1. The lowest BCUT2D eigenvalue weighted by molar-refractivity contribution is -0.133. The Morgan fingerprint density at radius 3 is 2.56 bits per heavy atom. The zero-order valence-corrected chi connectivity index (χ0v) is 12.2. The lowest BCUT2D eigenvalue weighted by Crippen LogP contribution is -2.55. The highest BCUT2D eigenvalue weighted by Crippen LogP contribution is 2.28. The monoisotopic (exact) mass is 266 g/mol. The molecule has 2 N–H and O–H groups in total.